The summed E-state index contributed by atoms with van der Waals surface area (Å²) >= 11 is 0. The van der Waals surface area contributed by atoms with Crippen LogP contribution in [0.5, 0.6) is 0 Å². The van der Waals surface area contributed by atoms with Crippen molar-refractivity contribution < 1.29 is 9.90 Å². The molecule has 0 aliphatic heterocycles. The summed E-state index contributed by atoms with van der Waals surface area (Å²) in [6.45, 7) is 2.00. The van der Waals surface area contributed by atoms with E-state index in [1.165, 1.54) is 0 Å². The molecule has 0 spiro atoms. The van der Waals surface area contributed by atoms with E-state index in [0.29, 0.717) is 6.42 Å². The van der Waals surface area contributed by atoms with Gasteiger partial charge in [0.1, 0.15) is 5.65 Å². The SMILES string of the molecule is Cc1ccc2ncc(CCC(=O)O)n2c1. The zero-order valence-electron chi connectivity index (χ0n) is 8.47. The molecule has 4 heteroatoms. The van der Waals surface area contributed by atoms with E-state index in [1.807, 2.05) is 29.7 Å². The van der Waals surface area contributed by atoms with Gasteiger partial charge in [0.2, 0.25) is 0 Å². The van der Waals surface area contributed by atoms with Gasteiger partial charge in [0.25, 0.3) is 0 Å². The number of carboxylic acids is 1. The Morgan fingerprint density at radius 3 is 3.07 bits per heavy atom. The molecular weight excluding hydrogens is 192 g/mol. The number of carbonyl (C=O) groups is 1. The Morgan fingerprint density at radius 2 is 2.33 bits per heavy atom. The highest BCUT2D eigenvalue weighted by Crippen LogP contribution is 2.10. The Kier molecular flexibility index (Phi) is 2.41. The van der Waals surface area contributed by atoms with Gasteiger partial charge in [0, 0.05) is 24.5 Å². The number of rotatable bonds is 3. The number of hydrogen-bond acceptors (Lipinski definition) is 2. The van der Waals surface area contributed by atoms with Crippen LogP contribution < -0.4 is 0 Å². The van der Waals surface area contributed by atoms with Crippen molar-refractivity contribution in [1.29, 1.82) is 0 Å². The lowest BCUT2D eigenvalue weighted by Crippen LogP contribution is -2.00. The molecule has 0 fully saturated rings. The molecule has 2 aromatic rings. The highest BCUT2D eigenvalue weighted by Gasteiger charge is 2.05. The van der Waals surface area contributed by atoms with Crippen molar-refractivity contribution in [3.8, 4) is 0 Å². The topological polar surface area (TPSA) is 54.6 Å². The number of fused-ring (bicyclic) bond motifs is 1. The number of carboxylic acid groups (broad SMARTS) is 1. The first-order valence-electron chi connectivity index (χ1n) is 4.81. The summed E-state index contributed by atoms with van der Waals surface area (Å²) in [5.41, 5.74) is 2.94. The zero-order chi connectivity index (χ0) is 10.8. The predicted molar refractivity (Wildman–Crippen MR) is 55.9 cm³/mol. The van der Waals surface area contributed by atoms with Crippen LogP contribution in [0.25, 0.3) is 5.65 Å². The van der Waals surface area contributed by atoms with Crippen LogP contribution in [0.2, 0.25) is 0 Å². The van der Waals surface area contributed by atoms with E-state index in [0.717, 1.165) is 16.9 Å². The average Bonchev–Trinajstić information content (AvgIpc) is 2.57. The minimum Gasteiger partial charge on any atom is -0.481 e. The Morgan fingerprint density at radius 1 is 1.53 bits per heavy atom. The van der Waals surface area contributed by atoms with Gasteiger partial charge in [-0.1, -0.05) is 6.07 Å². The Balaban J connectivity index is 2.35. The summed E-state index contributed by atoms with van der Waals surface area (Å²) in [5, 5.41) is 8.61. The van der Waals surface area contributed by atoms with Gasteiger partial charge in [-0.3, -0.25) is 4.79 Å². The molecule has 15 heavy (non-hydrogen) atoms. The zero-order valence-corrected chi connectivity index (χ0v) is 8.47. The molecule has 78 valence electrons. The van der Waals surface area contributed by atoms with Crippen molar-refractivity contribution in [1.82, 2.24) is 9.38 Å². The molecule has 0 aromatic carbocycles. The number of nitrogens with zero attached hydrogens (tertiary/aromatic N) is 2. The lowest BCUT2D eigenvalue weighted by molar-refractivity contribution is -0.136. The second kappa shape index (κ2) is 3.73. The van der Waals surface area contributed by atoms with Crippen LogP contribution in [0, 0.1) is 6.92 Å². The van der Waals surface area contributed by atoms with Crippen LogP contribution in [-0.2, 0) is 11.2 Å². The van der Waals surface area contributed by atoms with E-state index in [9.17, 15) is 4.79 Å². The van der Waals surface area contributed by atoms with Gasteiger partial charge in [0.05, 0.1) is 6.42 Å². The van der Waals surface area contributed by atoms with Crippen molar-refractivity contribution in [2.75, 3.05) is 0 Å². The van der Waals surface area contributed by atoms with Gasteiger partial charge in [-0.05, 0) is 18.6 Å². The fourth-order valence-electron chi connectivity index (χ4n) is 1.56. The van der Waals surface area contributed by atoms with Crippen molar-refractivity contribution >= 4 is 11.6 Å². The third kappa shape index (κ3) is 1.98. The van der Waals surface area contributed by atoms with Crippen LogP contribution in [0.15, 0.2) is 24.5 Å². The highest BCUT2D eigenvalue weighted by atomic mass is 16.4. The maximum atomic E-state index is 10.5. The number of pyridine rings is 1. The Bertz CT molecular complexity index is 502. The number of hydrogen-bond donors (Lipinski definition) is 1. The number of aliphatic carboxylic acids is 1. The third-order valence-corrected chi connectivity index (χ3v) is 2.33. The lowest BCUT2D eigenvalue weighted by atomic mass is 10.2. The van der Waals surface area contributed by atoms with Crippen molar-refractivity contribution in [2.24, 2.45) is 0 Å². The first kappa shape index (κ1) is 9.71. The normalized spacial score (nSPS) is 10.7. The lowest BCUT2D eigenvalue weighted by Gasteiger charge is -2.00. The maximum Gasteiger partial charge on any atom is 0.303 e. The van der Waals surface area contributed by atoms with Crippen LogP contribution in [0.4, 0.5) is 0 Å². The molecule has 2 heterocycles. The summed E-state index contributed by atoms with van der Waals surface area (Å²) in [4.78, 5) is 14.7. The van der Waals surface area contributed by atoms with Gasteiger partial charge < -0.3 is 9.51 Å². The van der Waals surface area contributed by atoms with Gasteiger partial charge in [0.15, 0.2) is 0 Å². The summed E-state index contributed by atoms with van der Waals surface area (Å²) in [6.07, 6.45) is 4.36. The third-order valence-electron chi connectivity index (χ3n) is 2.33. The average molecular weight is 204 g/mol. The molecule has 4 nitrogen and oxygen atoms in total. The molecule has 0 unspecified atom stereocenters. The molecule has 0 radical (unpaired) electrons. The minimum absolute atomic E-state index is 0.141. The number of imidazole rings is 1. The molecule has 0 atom stereocenters. The Labute approximate surface area is 87.2 Å². The second-order valence-corrected chi connectivity index (χ2v) is 3.58. The van der Waals surface area contributed by atoms with Crippen LogP contribution in [-0.4, -0.2) is 20.5 Å². The smallest absolute Gasteiger partial charge is 0.303 e. The van der Waals surface area contributed by atoms with Crippen LogP contribution in [0.1, 0.15) is 17.7 Å². The van der Waals surface area contributed by atoms with Gasteiger partial charge in [-0.15, -0.1) is 0 Å². The quantitative estimate of drug-likeness (QED) is 0.827. The molecule has 0 saturated heterocycles. The number of aryl methyl sites for hydroxylation is 2. The monoisotopic (exact) mass is 204 g/mol. The largest absolute Gasteiger partial charge is 0.481 e. The minimum atomic E-state index is -0.780. The molecule has 0 amide bonds. The van der Waals surface area contributed by atoms with Crippen LogP contribution in [0.3, 0.4) is 0 Å². The van der Waals surface area contributed by atoms with Crippen molar-refractivity contribution in [2.45, 2.75) is 19.8 Å². The van der Waals surface area contributed by atoms with Crippen molar-refractivity contribution in [3.05, 3.63) is 35.8 Å². The van der Waals surface area contributed by atoms with Crippen LogP contribution >= 0.6 is 0 Å². The molecule has 2 aromatic heterocycles. The maximum absolute atomic E-state index is 10.5. The molecular formula is C11H12N2O2. The van der Waals surface area contributed by atoms with E-state index in [1.54, 1.807) is 6.20 Å². The highest BCUT2D eigenvalue weighted by molar-refractivity contribution is 5.67. The van der Waals surface area contributed by atoms with E-state index in [-0.39, 0.29) is 6.42 Å². The first-order chi connectivity index (χ1) is 7.16. The molecule has 1 N–H and O–H groups in total. The van der Waals surface area contributed by atoms with E-state index < -0.39 is 5.97 Å². The molecule has 0 saturated carbocycles. The van der Waals surface area contributed by atoms with Gasteiger partial charge in [-0.2, -0.15) is 0 Å². The molecule has 2 rings (SSSR count). The van der Waals surface area contributed by atoms with E-state index in [4.69, 9.17) is 5.11 Å². The molecule has 0 aliphatic rings. The Hall–Kier alpha value is -1.84. The second-order valence-electron chi connectivity index (χ2n) is 3.58. The summed E-state index contributed by atoms with van der Waals surface area (Å²) in [6, 6.07) is 3.92. The molecule has 0 aliphatic carbocycles. The fourth-order valence-corrected chi connectivity index (χ4v) is 1.56. The molecule has 0 bridgehead atoms. The standard InChI is InChI=1S/C11H12N2O2/c1-8-2-4-10-12-6-9(13(10)7-8)3-5-11(14)15/h2,4,6-7H,3,5H2,1H3,(H,14,15). The van der Waals surface area contributed by atoms with Crippen molar-refractivity contribution in [3.63, 3.8) is 0 Å². The van der Waals surface area contributed by atoms with E-state index >= 15 is 0 Å². The summed E-state index contributed by atoms with van der Waals surface area (Å²) < 4.78 is 1.94. The summed E-state index contributed by atoms with van der Waals surface area (Å²) in [5.74, 6) is -0.780. The van der Waals surface area contributed by atoms with Gasteiger partial charge >= 0.3 is 5.97 Å². The first-order valence-corrected chi connectivity index (χ1v) is 4.81. The van der Waals surface area contributed by atoms with Gasteiger partial charge in [-0.25, -0.2) is 4.98 Å². The fraction of sp³-hybridized carbons (Fsp3) is 0.273. The number of aromatic nitrogens is 2. The summed E-state index contributed by atoms with van der Waals surface area (Å²) in [7, 11) is 0. The predicted octanol–water partition coefficient (Wildman–Crippen LogP) is 1.66. The van der Waals surface area contributed by atoms with E-state index in [2.05, 4.69) is 4.98 Å².